The lowest BCUT2D eigenvalue weighted by Gasteiger charge is -2.10. The van der Waals surface area contributed by atoms with Gasteiger partial charge in [0.05, 0.1) is 32.1 Å². The quantitative estimate of drug-likeness (QED) is 0.173. The highest BCUT2D eigenvalue weighted by molar-refractivity contribution is 9.12. The summed E-state index contributed by atoms with van der Waals surface area (Å²) in [6.45, 7) is 0. The van der Waals surface area contributed by atoms with Gasteiger partial charge in [-0.05, 0) is 100 Å². The largest absolute Gasteiger partial charge is 0.508 e. The molecule has 164 valence electrons. The molecule has 0 spiro atoms. The molecule has 0 saturated heterocycles. The minimum atomic E-state index is -0.380. The van der Waals surface area contributed by atoms with Gasteiger partial charge < -0.3 is 14.6 Å². The molecule has 0 radical (unpaired) electrons. The molecule has 2 rings (SSSR count). The van der Waals surface area contributed by atoms with E-state index in [0.29, 0.717) is 20.4 Å². The molecular weight excluding hydrogens is 796 g/mol. The number of aliphatic hydroxyl groups excluding tert-OH is 1. The first kappa shape index (κ1) is 26.9. The number of halogens is 6. The molecule has 0 saturated carbocycles. The highest BCUT2D eigenvalue weighted by Gasteiger charge is 2.14. The van der Waals surface area contributed by atoms with Gasteiger partial charge in [0.2, 0.25) is 0 Å². The van der Waals surface area contributed by atoms with Crippen molar-refractivity contribution in [3.8, 4) is 11.5 Å². The number of benzene rings is 2. The number of carbonyl (C=O) groups is 1. The van der Waals surface area contributed by atoms with Crippen molar-refractivity contribution in [1.82, 2.24) is 0 Å². The van der Waals surface area contributed by atoms with E-state index in [1.807, 2.05) is 12.1 Å². The minimum absolute atomic E-state index is 0.193. The molecule has 0 fully saturated rings. The Morgan fingerprint density at radius 2 is 1.19 bits per heavy atom. The van der Waals surface area contributed by atoms with Crippen LogP contribution in [0.2, 0.25) is 0 Å². The fraction of sp³-hybridized carbons (Fsp3) is 0.0952. The molecule has 1 N–H and O–H groups in total. The van der Waals surface area contributed by atoms with Crippen LogP contribution in [-0.4, -0.2) is 25.1 Å². The van der Waals surface area contributed by atoms with Gasteiger partial charge >= 0.3 is 0 Å². The Balaban J connectivity index is 2.26. The number of aliphatic hydroxyl groups is 1. The Labute approximate surface area is 230 Å². The maximum Gasteiger partial charge on any atom is 0.182 e. The summed E-state index contributed by atoms with van der Waals surface area (Å²) in [4.78, 5) is 12.3. The van der Waals surface area contributed by atoms with Gasteiger partial charge in [-0.15, -0.1) is 0 Å². The third kappa shape index (κ3) is 6.80. The van der Waals surface area contributed by atoms with E-state index in [0.717, 1.165) is 35.1 Å². The topological polar surface area (TPSA) is 55.8 Å². The number of hydrogen-bond acceptors (Lipinski definition) is 4. The van der Waals surface area contributed by atoms with E-state index in [2.05, 4.69) is 95.6 Å². The molecule has 10 heteroatoms. The normalized spacial score (nSPS) is 12.1. The fourth-order valence-corrected chi connectivity index (χ4v) is 7.85. The van der Waals surface area contributed by atoms with Gasteiger partial charge in [-0.3, -0.25) is 4.79 Å². The Bertz CT molecular complexity index is 1110. The zero-order chi connectivity index (χ0) is 23.3. The van der Waals surface area contributed by atoms with E-state index in [4.69, 9.17) is 9.47 Å². The van der Waals surface area contributed by atoms with Gasteiger partial charge in [0.25, 0.3) is 0 Å². The van der Waals surface area contributed by atoms with Crippen molar-refractivity contribution in [2.24, 2.45) is 0 Å². The minimum Gasteiger partial charge on any atom is -0.508 e. The number of methoxy groups -OCH3 is 2. The summed E-state index contributed by atoms with van der Waals surface area (Å²) in [5, 5.41) is 10.2. The van der Waals surface area contributed by atoms with E-state index in [1.54, 1.807) is 26.4 Å². The Kier molecular flexibility index (Phi) is 10.6. The summed E-state index contributed by atoms with van der Waals surface area (Å²) in [6, 6.07) is 3.66. The second-order valence-electron chi connectivity index (χ2n) is 5.84. The van der Waals surface area contributed by atoms with E-state index in [1.165, 1.54) is 12.2 Å². The van der Waals surface area contributed by atoms with Crippen LogP contribution in [0.5, 0.6) is 11.5 Å². The predicted octanol–water partition coefficient (Wildman–Crippen LogP) is 9.02. The molecule has 0 atom stereocenters. The zero-order valence-electron chi connectivity index (χ0n) is 16.0. The van der Waals surface area contributed by atoms with Crippen molar-refractivity contribution in [2.75, 3.05) is 14.2 Å². The highest BCUT2D eigenvalue weighted by Crippen LogP contribution is 2.41. The third-order valence-corrected chi connectivity index (χ3v) is 7.93. The van der Waals surface area contributed by atoms with Crippen molar-refractivity contribution in [1.29, 1.82) is 0 Å². The monoisotopic (exact) mass is 804 g/mol. The molecular formula is C21H14Br6O4. The van der Waals surface area contributed by atoms with Crippen LogP contribution in [0.15, 0.2) is 63.0 Å². The van der Waals surface area contributed by atoms with Crippen LogP contribution < -0.4 is 9.47 Å². The molecule has 2 aromatic rings. The number of hydrogen-bond donors (Lipinski definition) is 1. The zero-order valence-corrected chi connectivity index (χ0v) is 25.5. The first-order valence-electron chi connectivity index (χ1n) is 8.34. The molecule has 4 nitrogen and oxygen atoms in total. The molecule has 31 heavy (non-hydrogen) atoms. The first-order chi connectivity index (χ1) is 14.6. The second kappa shape index (κ2) is 12.2. The Morgan fingerprint density at radius 1 is 0.774 bits per heavy atom. The van der Waals surface area contributed by atoms with Crippen molar-refractivity contribution in [3.05, 3.63) is 74.1 Å². The van der Waals surface area contributed by atoms with Gasteiger partial charge in [-0.2, -0.15) is 0 Å². The van der Waals surface area contributed by atoms with Gasteiger partial charge in [0.15, 0.2) is 5.78 Å². The summed E-state index contributed by atoms with van der Waals surface area (Å²) in [7, 11) is 3.12. The number of ketones is 1. The van der Waals surface area contributed by atoms with Crippen LogP contribution in [0.3, 0.4) is 0 Å². The van der Waals surface area contributed by atoms with E-state index < -0.39 is 0 Å². The van der Waals surface area contributed by atoms with Crippen LogP contribution in [0.25, 0.3) is 12.2 Å². The van der Waals surface area contributed by atoms with E-state index >= 15 is 0 Å². The Hall–Kier alpha value is -0.390. The number of rotatable bonds is 7. The number of allylic oxidation sites excluding steroid dienone is 3. The lowest BCUT2D eigenvalue weighted by atomic mass is 10.1. The predicted molar refractivity (Wildman–Crippen MR) is 146 cm³/mol. The Morgan fingerprint density at radius 3 is 1.61 bits per heavy atom. The van der Waals surface area contributed by atoms with E-state index in [9.17, 15) is 9.90 Å². The van der Waals surface area contributed by atoms with Crippen LogP contribution >= 0.6 is 95.6 Å². The smallest absolute Gasteiger partial charge is 0.182 e. The third-order valence-electron chi connectivity index (χ3n) is 3.86. The van der Waals surface area contributed by atoms with Crippen molar-refractivity contribution >= 4 is 114 Å². The average Bonchev–Trinajstić information content (AvgIpc) is 2.67. The molecule has 0 heterocycles. The van der Waals surface area contributed by atoms with Crippen molar-refractivity contribution in [3.63, 3.8) is 0 Å². The summed E-state index contributed by atoms with van der Waals surface area (Å²) >= 11 is 20.8. The van der Waals surface area contributed by atoms with Gasteiger partial charge in [0, 0.05) is 26.1 Å². The highest BCUT2D eigenvalue weighted by atomic mass is 79.9. The molecule has 0 bridgehead atoms. The second-order valence-corrected chi connectivity index (χ2v) is 10.8. The van der Waals surface area contributed by atoms with Crippen LogP contribution in [0.4, 0.5) is 0 Å². The summed E-state index contributed by atoms with van der Waals surface area (Å²) in [5.74, 6) is 0.653. The van der Waals surface area contributed by atoms with Crippen molar-refractivity contribution < 1.29 is 19.4 Å². The van der Waals surface area contributed by atoms with Crippen LogP contribution in [0, 0.1) is 0 Å². The summed E-state index contributed by atoms with van der Waals surface area (Å²) in [6.07, 6.45) is 7.21. The molecule has 0 amide bonds. The van der Waals surface area contributed by atoms with Crippen LogP contribution in [0.1, 0.15) is 11.1 Å². The molecule has 0 aromatic heterocycles. The first-order valence-corrected chi connectivity index (χ1v) is 13.1. The summed E-state index contributed by atoms with van der Waals surface area (Å²) < 4.78 is 15.2. The van der Waals surface area contributed by atoms with Crippen molar-refractivity contribution in [2.45, 2.75) is 0 Å². The fourth-order valence-electron chi connectivity index (χ4n) is 2.43. The SMILES string of the molecule is COc1c(Br)cc(Br)c(/C=C/C(=O)/C=C(O)/C=C/c2c(Br)cc(Br)c(OC)c2Br)c1Br. The number of ether oxygens (including phenoxy) is 2. The standard InChI is InChI=1S/C21H14Br6O4/c1-30-20-16(24)8-14(22)12(18(20)26)5-3-10(28)7-11(29)4-6-13-15(23)9-17(25)21(31-2)19(13)27/h3-9,28H,1-2H3/b5-3+,6-4+,10-7-. The van der Waals surface area contributed by atoms with E-state index in [-0.39, 0.29) is 11.5 Å². The molecule has 0 unspecified atom stereocenters. The average molecular weight is 810 g/mol. The maximum atomic E-state index is 12.3. The summed E-state index contributed by atoms with van der Waals surface area (Å²) in [5.41, 5.74) is 1.48. The van der Waals surface area contributed by atoms with Gasteiger partial charge in [-0.1, -0.05) is 31.9 Å². The molecule has 0 aliphatic rings. The number of carbonyl (C=O) groups excluding carboxylic acids is 1. The molecule has 0 aliphatic carbocycles. The van der Waals surface area contributed by atoms with Crippen LogP contribution in [-0.2, 0) is 4.79 Å². The maximum absolute atomic E-state index is 12.3. The molecule has 2 aromatic carbocycles. The van der Waals surface area contributed by atoms with Gasteiger partial charge in [-0.25, -0.2) is 0 Å². The molecule has 0 aliphatic heterocycles. The lowest BCUT2D eigenvalue weighted by Crippen LogP contribution is -1.92. The lowest BCUT2D eigenvalue weighted by molar-refractivity contribution is -0.110. The van der Waals surface area contributed by atoms with Gasteiger partial charge in [0.1, 0.15) is 17.3 Å².